The summed E-state index contributed by atoms with van der Waals surface area (Å²) in [4.78, 5) is 20.4. The van der Waals surface area contributed by atoms with Gasteiger partial charge in [0, 0.05) is 24.7 Å². The zero-order chi connectivity index (χ0) is 13.2. The van der Waals surface area contributed by atoms with Crippen LogP contribution in [0.5, 0.6) is 5.88 Å². The fraction of sp³-hybridized carbons (Fsp3) is 0.333. The number of nitrogens with zero attached hydrogens (tertiary/aromatic N) is 2. The normalized spacial score (nSPS) is 15.7. The van der Waals surface area contributed by atoms with Crippen molar-refractivity contribution in [2.45, 2.75) is 0 Å². The highest BCUT2D eigenvalue weighted by atomic mass is 16.6. The first-order chi connectivity index (χ1) is 9.24. The molecule has 1 amide bonds. The Morgan fingerprint density at radius 3 is 3.00 bits per heavy atom. The van der Waals surface area contributed by atoms with Gasteiger partial charge in [0.1, 0.15) is 11.3 Å². The molecule has 1 aliphatic rings. The van der Waals surface area contributed by atoms with E-state index in [2.05, 4.69) is 14.9 Å². The lowest BCUT2D eigenvalue weighted by Crippen LogP contribution is -2.36. The summed E-state index contributed by atoms with van der Waals surface area (Å²) in [6.45, 7) is 2.86. The zero-order valence-electron chi connectivity index (χ0n) is 10.3. The van der Waals surface area contributed by atoms with Crippen molar-refractivity contribution in [2.75, 3.05) is 31.2 Å². The van der Waals surface area contributed by atoms with Crippen LogP contribution >= 0.6 is 0 Å². The van der Waals surface area contributed by atoms with Crippen molar-refractivity contribution < 1.29 is 14.3 Å². The van der Waals surface area contributed by atoms with E-state index < -0.39 is 6.09 Å². The monoisotopic (exact) mass is 262 g/mol. The van der Waals surface area contributed by atoms with Crippen molar-refractivity contribution in [3.8, 4) is 5.88 Å². The number of carbonyl (C=O) groups excluding carboxylic acids is 1. The topological polar surface area (TPSA) is 93.5 Å². The van der Waals surface area contributed by atoms with Crippen molar-refractivity contribution in [1.82, 2.24) is 9.97 Å². The Bertz CT molecular complexity index is 604. The molecule has 1 fully saturated rings. The van der Waals surface area contributed by atoms with Crippen LogP contribution in [0.4, 0.5) is 10.6 Å². The molecule has 2 aromatic heterocycles. The van der Waals surface area contributed by atoms with Crippen LogP contribution in [0.2, 0.25) is 0 Å². The number of fused-ring (bicyclic) bond motifs is 1. The summed E-state index contributed by atoms with van der Waals surface area (Å²) < 4.78 is 10.3. The van der Waals surface area contributed by atoms with E-state index in [1.165, 1.54) is 0 Å². The molecule has 7 nitrogen and oxygen atoms in total. The van der Waals surface area contributed by atoms with Gasteiger partial charge in [-0.3, -0.25) is 0 Å². The van der Waals surface area contributed by atoms with Crippen molar-refractivity contribution >= 4 is 22.8 Å². The quantitative estimate of drug-likeness (QED) is 0.837. The predicted molar refractivity (Wildman–Crippen MR) is 69.3 cm³/mol. The molecule has 3 heterocycles. The van der Waals surface area contributed by atoms with Crippen molar-refractivity contribution in [2.24, 2.45) is 5.73 Å². The lowest BCUT2D eigenvalue weighted by atomic mass is 10.3. The predicted octanol–water partition coefficient (Wildman–Crippen LogP) is 0.857. The van der Waals surface area contributed by atoms with Crippen LogP contribution in [0.1, 0.15) is 0 Å². The molecule has 7 heteroatoms. The molecule has 0 unspecified atom stereocenters. The Hall–Kier alpha value is -2.28. The van der Waals surface area contributed by atoms with Crippen LogP contribution in [0.3, 0.4) is 0 Å². The number of ether oxygens (including phenoxy) is 2. The number of nitrogens with one attached hydrogen (secondary N) is 1. The SMILES string of the molecule is NC(=O)Oc1nc(N2CCOCC2)cc2cc[nH]c12. The number of aromatic amines is 1. The first-order valence-corrected chi connectivity index (χ1v) is 6.02. The van der Waals surface area contributed by atoms with Crippen LogP contribution in [-0.4, -0.2) is 42.4 Å². The van der Waals surface area contributed by atoms with Crippen LogP contribution in [0, 0.1) is 0 Å². The third kappa shape index (κ3) is 2.32. The second-order valence-electron chi connectivity index (χ2n) is 4.25. The first-order valence-electron chi connectivity index (χ1n) is 6.02. The molecule has 0 spiro atoms. The number of amides is 1. The van der Waals surface area contributed by atoms with Crippen molar-refractivity contribution in [1.29, 1.82) is 0 Å². The minimum Gasteiger partial charge on any atom is -0.389 e. The highest BCUT2D eigenvalue weighted by molar-refractivity contribution is 5.88. The number of pyridine rings is 1. The third-order valence-electron chi connectivity index (χ3n) is 3.03. The van der Waals surface area contributed by atoms with Gasteiger partial charge in [0.05, 0.1) is 13.2 Å². The molecule has 1 saturated heterocycles. The summed E-state index contributed by atoms with van der Waals surface area (Å²) in [5, 5.41) is 0.924. The first kappa shape index (κ1) is 11.8. The Balaban J connectivity index is 2.02. The smallest absolute Gasteiger partial charge is 0.389 e. The van der Waals surface area contributed by atoms with Crippen LogP contribution in [0.15, 0.2) is 18.3 Å². The molecule has 0 aliphatic carbocycles. The van der Waals surface area contributed by atoms with Crippen LogP contribution in [0.25, 0.3) is 10.9 Å². The number of primary amides is 1. The highest BCUT2D eigenvalue weighted by Crippen LogP contribution is 2.27. The number of aromatic nitrogens is 2. The average molecular weight is 262 g/mol. The van der Waals surface area contributed by atoms with Gasteiger partial charge in [-0.25, -0.2) is 4.79 Å². The van der Waals surface area contributed by atoms with E-state index in [-0.39, 0.29) is 5.88 Å². The fourth-order valence-electron chi connectivity index (χ4n) is 2.14. The molecular formula is C12H14N4O3. The number of morpholine rings is 1. The van der Waals surface area contributed by atoms with E-state index in [1.807, 2.05) is 12.1 Å². The molecule has 0 bridgehead atoms. The van der Waals surface area contributed by atoms with Crippen LogP contribution in [-0.2, 0) is 4.74 Å². The molecule has 3 rings (SSSR count). The number of hydrogen-bond donors (Lipinski definition) is 2. The summed E-state index contributed by atoms with van der Waals surface area (Å²) in [5.41, 5.74) is 5.73. The minimum absolute atomic E-state index is 0.205. The Morgan fingerprint density at radius 1 is 1.47 bits per heavy atom. The Morgan fingerprint density at radius 2 is 2.26 bits per heavy atom. The lowest BCUT2D eigenvalue weighted by molar-refractivity contribution is 0.122. The van der Waals surface area contributed by atoms with E-state index in [9.17, 15) is 4.79 Å². The van der Waals surface area contributed by atoms with E-state index in [1.54, 1.807) is 6.20 Å². The number of hydrogen-bond acceptors (Lipinski definition) is 5. The Labute approximate surface area is 109 Å². The fourth-order valence-corrected chi connectivity index (χ4v) is 2.14. The molecule has 3 N–H and O–H groups in total. The number of anilines is 1. The van der Waals surface area contributed by atoms with Crippen LogP contribution < -0.4 is 15.4 Å². The van der Waals surface area contributed by atoms with Gasteiger partial charge in [0.25, 0.3) is 5.88 Å². The molecule has 19 heavy (non-hydrogen) atoms. The number of carbonyl (C=O) groups is 1. The zero-order valence-corrected chi connectivity index (χ0v) is 10.3. The summed E-state index contributed by atoms with van der Waals surface area (Å²) in [6, 6.07) is 3.85. The maximum atomic E-state index is 10.9. The van der Waals surface area contributed by atoms with Gasteiger partial charge in [-0.1, -0.05) is 0 Å². The van der Waals surface area contributed by atoms with Gasteiger partial charge < -0.3 is 25.1 Å². The molecule has 100 valence electrons. The van der Waals surface area contributed by atoms with Crippen molar-refractivity contribution in [3.05, 3.63) is 18.3 Å². The van der Waals surface area contributed by atoms with E-state index >= 15 is 0 Å². The average Bonchev–Trinajstić information content (AvgIpc) is 2.87. The summed E-state index contributed by atoms with van der Waals surface area (Å²) >= 11 is 0. The van der Waals surface area contributed by atoms with Gasteiger partial charge in [-0.15, -0.1) is 0 Å². The highest BCUT2D eigenvalue weighted by Gasteiger charge is 2.17. The molecule has 1 aliphatic heterocycles. The van der Waals surface area contributed by atoms with E-state index in [0.717, 1.165) is 24.3 Å². The summed E-state index contributed by atoms with van der Waals surface area (Å²) in [6.07, 6.45) is 0.894. The van der Waals surface area contributed by atoms with Crippen molar-refractivity contribution in [3.63, 3.8) is 0 Å². The minimum atomic E-state index is -0.873. The van der Waals surface area contributed by atoms with Gasteiger partial charge >= 0.3 is 6.09 Å². The maximum Gasteiger partial charge on any atom is 0.411 e. The number of H-pyrrole nitrogens is 1. The standard InChI is InChI=1S/C12H14N4O3/c13-12(17)19-11-10-8(1-2-14-10)7-9(15-11)16-3-5-18-6-4-16/h1-2,7,14H,3-6H2,(H2,13,17). The summed E-state index contributed by atoms with van der Waals surface area (Å²) in [7, 11) is 0. The maximum absolute atomic E-state index is 10.9. The third-order valence-corrected chi connectivity index (χ3v) is 3.03. The van der Waals surface area contributed by atoms with E-state index in [0.29, 0.717) is 18.7 Å². The lowest BCUT2D eigenvalue weighted by Gasteiger charge is -2.28. The van der Waals surface area contributed by atoms with Gasteiger partial charge in [-0.05, 0) is 12.1 Å². The molecule has 2 aromatic rings. The molecule has 0 atom stereocenters. The Kier molecular flexibility index (Phi) is 2.96. The van der Waals surface area contributed by atoms with Gasteiger partial charge in [0.2, 0.25) is 0 Å². The van der Waals surface area contributed by atoms with Gasteiger partial charge in [-0.2, -0.15) is 4.98 Å². The largest absolute Gasteiger partial charge is 0.411 e. The van der Waals surface area contributed by atoms with E-state index in [4.69, 9.17) is 15.2 Å². The van der Waals surface area contributed by atoms with Gasteiger partial charge in [0.15, 0.2) is 0 Å². The molecule has 0 radical (unpaired) electrons. The summed E-state index contributed by atoms with van der Waals surface area (Å²) in [5.74, 6) is 0.961. The molecule has 0 saturated carbocycles. The molecule has 0 aromatic carbocycles. The second-order valence-corrected chi connectivity index (χ2v) is 4.25. The number of nitrogens with two attached hydrogens (primary N) is 1. The second kappa shape index (κ2) is 4.77. The molecular weight excluding hydrogens is 248 g/mol. The number of rotatable bonds is 2.